The molecule has 218 valence electrons. The molecule has 0 heterocycles. The monoisotopic (exact) mass is 644 g/mol. The smallest absolute Gasteiger partial charge is 0.0929 e. The van der Waals surface area contributed by atoms with Crippen molar-refractivity contribution >= 4 is 68.6 Å². The zero-order chi connectivity index (χ0) is 30.2. The second-order valence-corrected chi connectivity index (χ2v) is 18.9. The van der Waals surface area contributed by atoms with Gasteiger partial charge in [-0.15, -0.1) is 0 Å². The Morgan fingerprint density at radius 3 is 0.750 bits per heavy atom. The minimum absolute atomic E-state index is 0.692. The number of para-hydroxylation sites is 2. The lowest BCUT2D eigenvalue weighted by Crippen LogP contribution is -2.40. The molecule has 0 amide bonds. The largest absolute Gasteiger partial charge is 0.335 e. The van der Waals surface area contributed by atoms with Crippen LogP contribution in [-0.2, 0) is 23.6 Å². The summed E-state index contributed by atoms with van der Waals surface area (Å²) >= 11 is 13.8. The van der Waals surface area contributed by atoms with E-state index in [-0.39, 0.29) is 0 Å². The molecule has 0 atom stereocenters. The van der Waals surface area contributed by atoms with Gasteiger partial charge in [0.2, 0.25) is 0 Å². The van der Waals surface area contributed by atoms with Gasteiger partial charge in [0.05, 0.1) is 12.4 Å². The molecule has 0 spiro atoms. The third kappa shape index (κ3) is 6.09. The van der Waals surface area contributed by atoms with Gasteiger partial charge >= 0.3 is 0 Å². The van der Waals surface area contributed by atoms with Crippen LogP contribution in [0.25, 0.3) is 0 Å². The Morgan fingerprint density at radius 2 is 0.523 bits per heavy atom. The van der Waals surface area contributed by atoms with Crippen molar-refractivity contribution in [2.75, 3.05) is 22.4 Å². The molecule has 6 aromatic rings. The van der Waals surface area contributed by atoms with Gasteiger partial charge in [-0.3, -0.25) is 0 Å². The Hall–Kier alpha value is -3.78. The lowest BCUT2D eigenvalue weighted by molar-refractivity contribution is 0.958. The molecule has 6 aromatic carbocycles. The van der Waals surface area contributed by atoms with E-state index in [0.29, 0.717) is 13.1 Å². The summed E-state index contributed by atoms with van der Waals surface area (Å²) in [6, 6.07) is 63.9. The number of hydrogen-bond donors (Lipinski definition) is 0. The fourth-order valence-corrected chi connectivity index (χ4v) is 13.8. The highest BCUT2D eigenvalue weighted by Gasteiger charge is 2.34. The summed E-state index contributed by atoms with van der Waals surface area (Å²) in [6.45, 7) is 1.38. The third-order valence-corrected chi connectivity index (χ3v) is 17.7. The molecular formula is C38H34N2P2S2. The zero-order valence-electron chi connectivity index (χ0n) is 24.3. The molecule has 0 aliphatic carbocycles. The first-order chi connectivity index (χ1) is 21.6. The first-order valence-corrected chi connectivity index (χ1v) is 20.2. The molecule has 2 nitrogen and oxygen atoms in total. The lowest BCUT2D eigenvalue weighted by atomic mass is 10.3. The first-order valence-electron chi connectivity index (χ1n) is 14.7. The Bertz CT molecular complexity index is 1630. The number of anilines is 2. The van der Waals surface area contributed by atoms with Crippen LogP contribution in [0.1, 0.15) is 0 Å². The SMILES string of the molecule is S=P(c1ccccc1)(c1ccccc1)N(CCN(c1ccccc1)P(=S)(c1ccccc1)c1ccccc1)c1ccccc1. The quantitative estimate of drug-likeness (QED) is 0.132. The van der Waals surface area contributed by atoms with Crippen molar-refractivity contribution < 1.29 is 0 Å². The molecule has 0 N–H and O–H groups in total. The standard InChI is InChI=1S/C38H34N2P2S2/c43-41(35-23-11-3-12-24-35,36-25-13-4-14-26-36)39(33-19-7-1-8-20-33)31-32-40(34-21-9-2-10-22-34)42(44,37-27-15-5-16-28-37)38-29-17-6-18-30-38/h1-30H,31-32H2. The van der Waals surface area contributed by atoms with Crippen molar-refractivity contribution in [3.63, 3.8) is 0 Å². The maximum atomic E-state index is 6.89. The highest BCUT2D eigenvalue weighted by atomic mass is 32.4. The van der Waals surface area contributed by atoms with Crippen molar-refractivity contribution in [3.05, 3.63) is 182 Å². The van der Waals surface area contributed by atoms with E-state index in [9.17, 15) is 0 Å². The highest BCUT2D eigenvalue weighted by molar-refractivity contribution is 8.23. The predicted octanol–water partition coefficient (Wildman–Crippen LogP) is 8.09. The summed E-state index contributed by atoms with van der Waals surface area (Å²) in [7, 11) is 0. The van der Waals surface area contributed by atoms with Gasteiger partial charge in [0.25, 0.3) is 0 Å². The van der Waals surface area contributed by atoms with Crippen LogP contribution in [0, 0.1) is 0 Å². The van der Waals surface area contributed by atoms with Crippen molar-refractivity contribution in [2.24, 2.45) is 0 Å². The first kappa shape index (κ1) is 30.3. The van der Waals surface area contributed by atoms with Gasteiger partial charge in [-0.2, -0.15) is 0 Å². The maximum Gasteiger partial charge on any atom is 0.0929 e. The van der Waals surface area contributed by atoms with Crippen molar-refractivity contribution in [2.45, 2.75) is 0 Å². The molecule has 0 saturated heterocycles. The summed E-state index contributed by atoms with van der Waals surface area (Å²) in [5.41, 5.74) is 2.23. The van der Waals surface area contributed by atoms with E-state index >= 15 is 0 Å². The molecular weight excluding hydrogens is 611 g/mol. The van der Waals surface area contributed by atoms with E-state index in [4.69, 9.17) is 23.6 Å². The normalized spacial score (nSPS) is 11.5. The van der Waals surface area contributed by atoms with Crippen LogP contribution in [0.3, 0.4) is 0 Å². The Labute approximate surface area is 271 Å². The van der Waals surface area contributed by atoms with Crippen LogP contribution < -0.4 is 30.6 Å². The average molecular weight is 645 g/mol. The summed E-state index contributed by atoms with van der Waals surface area (Å²) in [5.74, 6) is 0. The van der Waals surface area contributed by atoms with Gasteiger partial charge in [0.15, 0.2) is 0 Å². The van der Waals surface area contributed by atoms with E-state index < -0.39 is 12.4 Å². The van der Waals surface area contributed by atoms with Crippen LogP contribution in [0.15, 0.2) is 182 Å². The summed E-state index contributed by atoms with van der Waals surface area (Å²) < 4.78 is 4.97. The number of benzene rings is 6. The Balaban J connectivity index is 1.52. The summed E-state index contributed by atoms with van der Waals surface area (Å²) in [5, 5.41) is 4.67. The summed E-state index contributed by atoms with van der Waals surface area (Å²) in [6.07, 6.45) is -4.96. The van der Waals surface area contributed by atoms with Gasteiger partial charge in [-0.25, -0.2) is 0 Å². The van der Waals surface area contributed by atoms with E-state index in [1.54, 1.807) is 0 Å². The fraction of sp³-hybridized carbons (Fsp3) is 0.0526. The molecule has 0 saturated carbocycles. The molecule has 6 rings (SSSR count). The zero-order valence-corrected chi connectivity index (χ0v) is 27.8. The second kappa shape index (κ2) is 13.9. The van der Waals surface area contributed by atoms with Crippen LogP contribution in [-0.4, -0.2) is 13.1 Å². The Kier molecular flexibility index (Phi) is 9.55. The average Bonchev–Trinajstić information content (AvgIpc) is 3.12. The summed E-state index contributed by atoms with van der Waals surface area (Å²) in [4.78, 5) is 0. The van der Waals surface area contributed by atoms with Gasteiger partial charge < -0.3 is 9.34 Å². The molecule has 0 fully saturated rings. The third-order valence-electron chi connectivity index (χ3n) is 7.74. The highest BCUT2D eigenvalue weighted by Crippen LogP contribution is 2.53. The molecule has 6 heteroatoms. The van der Waals surface area contributed by atoms with Gasteiger partial charge in [-0.05, 0) is 24.3 Å². The molecule has 0 aromatic heterocycles. The molecule has 0 bridgehead atoms. The fourth-order valence-electron chi connectivity index (χ4n) is 5.63. The second-order valence-electron chi connectivity index (χ2n) is 10.4. The van der Waals surface area contributed by atoms with Gasteiger partial charge in [-0.1, -0.05) is 181 Å². The Morgan fingerprint density at radius 1 is 0.318 bits per heavy atom. The van der Waals surface area contributed by atoms with Crippen LogP contribution in [0.5, 0.6) is 0 Å². The van der Waals surface area contributed by atoms with Crippen LogP contribution in [0.2, 0.25) is 0 Å². The van der Waals surface area contributed by atoms with E-state index in [2.05, 4.69) is 191 Å². The van der Waals surface area contributed by atoms with Crippen molar-refractivity contribution in [1.82, 2.24) is 0 Å². The van der Waals surface area contributed by atoms with Crippen LogP contribution >= 0.6 is 12.4 Å². The molecule has 44 heavy (non-hydrogen) atoms. The molecule has 0 unspecified atom stereocenters. The topological polar surface area (TPSA) is 6.48 Å². The molecule has 0 aliphatic heterocycles. The van der Waals surface area contributed by atoms with Gasteiger partial charge in [0, 0.05) is 45.7 Å². The van der Waals surface area contributed by atoms with E-state index in [1.807, 2.05) is 0 Å². The number of hydrogen-bond acceptors (Lipinski definition) is 2. The van der Waals surface area contributed by atoms with Crippen molar-refractivity contribution in [3.8, 4) is 0 Å². The minimum Gasteiger partial charge on any atom is -0.335 e. The predicted molar refractivity (Wildman–Crippen MR) is 200 cm³/mol. The minimum atomic E-state index is -2.48. The number of rotatable bonds is 11. The molecule has 0 radical (unpaired) electrons. The van der Waals surface area contributed by atoms with E-state index in [0.717, 1.165) is 11.4 Å². The number of nitrogens with zero attached hydrogens (tertiary/aromatic N) is 2. The van der Waals surface area contributed by atoms with Crippen LogP contribution in [0.4, 0.5) is 11.4 Å². The van der Waals surface area contributed by atoms with Gasteiger partial charge in [0.1, 0.15) is 0 Å². The lowest BCUT2D eigenvalue weighted by Gasteiger charge is -2.42. The molecule has 0 aliphatic rings. The van der Waals surface area contributed by atoms with E-state index in [1.165, 1.54) is 21.2 Å². The van der Waals surface area contributed by atoms with Crippen molar-refractivity contribution in [1.29, 1.82) is 0 Å². The maximum absolute atomic E-state index is 6.89.